The lowest BCUT2D eigenvalue weighted by Gasteiger charge is -2.36. The molecule has 0 bridgehead atoms. The smallest absolute Gasteiger partial charge is 0.246 e. The van der Waals surface area contributed by atoms with E-state index < -0.39 is 243 Å². The van der Waals surface area contributed by atoms with Crippen LogP contribution in [0.1, 0.15) is 141 Å². The number of phenolic OH excluding ortho intramolecular Hbond substituents is 1. The molecule has 43 nitrogen and oxygen atoms in total. The van der Waals surface area contributed by atoms with Crippen LogP contribution in [0.5, 0.6) is 5.75 Å². The zero-order valence-electron chi connectivity index (χ0n) is 75.6. The molecule has 3 aliphatic rings. The molecule has 5 heterocycles. The van der Waals surface area contributed by atoms with Crippen LogP contribution in [-0.4, -0.2) is 307 Å². The maximum atomic E-state index is 15.7. The minimum atomic E-state index is -1.89. The summed E-state index contributed by atoms with van der Waals surface area (Å²) >= 11 is 0. The number of primary amides is 2. The van der Waals surface area contributed by atoms with Crippen LogP contribution in [0.3, 0.4) is 0 Å². The summed E-state index contributed by atoms with van der Waals surface area (Å²) in [5.41, 5.74) is 25.5. The van der Waals surface area contributed by atoms with E-state index in [1.165, 1.54) is 52.3 Å². The minimum absolute atomic E-state index is 0.0152. The van der Waals surface area contributed by atoms with Crippen LogP contribution in [0, 0.1) is 11.3 Å². The number of fused-ring (bicyclic) bond motifs is 4. The van der Waals surface area contributed by atoms with Gasteiger partial charge in [-0.1, -0.05) is 108 Å². The van der Waals surface area contributed by atoms with Gasteiger partial charge in [-0.25, -0.2) is 0 Å². The average Bonchev–Trinajstić information content (AvgIpc) is 1.60. The van der Waals surface area contributed by atoms with Crippen molar-refractivity contribution in [3.63, 3.8) is 0 Å². The van der Waals surface area contributed by atoms with Gasteiger partial charge in [-0.3, -0.25) is 86.9 Å². The molecule has 25 N–H and O–H groups in total. The first-order valence-electron chi connectivity index (χ1n) is 44.4. The van der Waals surface area contributed by atoms with E-state index in [2.05, 4.69) is 68.5 Å². The van der Waals surface area contributed by atoms with E-state index in [0.29, 0.717) is 64.2 Å². The lowest BCUT2D eigenvalue weighted by Crippen LogP contribution is -2.62. The van der Waals surface area contributed by atoms with E-state index in [1.807, 2.05) is 13.8 Å². The number of H-pyrrole nitrogens is 2. The van der Waals surface area contributed by atoms with Gasteiger partial charge in [-0.2, -0.15) is 0 Å². The molecular weight excluding hydrogens is 1710 g/mol. The fourth-order valence-corrected chi connectivity index (χ4v) is 16.3. The number of rotatable bonds is 25. The summed E-state index contributed by atoms with van der Waals surface area (Å²) < 4.78 is 0. The van der Waals surface area contributed by atoms with Crippen molar-refractivity contribution in [2.45, 2.75) is 234 Å². The van der Waals surface area contributed by atoms with Crippen LogP contribution in [0.15, 0.2) is 97.3 Å². The average molecular weight is 1840 g/mol. The SMILES string of the molecule is CCCC[C@H]1C(=O)N(C)[C@@H](CCCC)C(=O)N[C@@H](CCCNC(=N)N)C(=O)N[C@H](C(=O)NCC(N)=O)CC=CC(=O)N[C@@H](Cc2ccc(O)cc2)C(=O)N(C)[C@@H](C)C(=O)N[C@@H](CC(N)=O)C(=O)N2CCC[C@H]2C(=O)N[C@@H](CN)C(=O)N[C@@H](CC(C)C)C(=O)N2C[C@H](O)C[C@H]2C(=O)N[C@@H](Cc2c[nH]c3ccccc23)C(=O)N[C@@H](CO)C(=O)N[C@@H](Cc2c[nH]c3ccccc23)C(=O)N1C. The number of aromatic amines is 2. The second-order valence-corrected chi connectivity index (χ2v) is 34.0. The van der Waals surface area contributed by atoms with Gasteiger partial charge in [0, 0.05) is 107 Å². The van der Waals surface area contributed by atoms with E-state index in [0.717, 1.165) is 36.7 Å². The van der Waals surface area contributed by atoms with Crippen LogP contribution >= 0.6 is 0 Å². The third-order valence-electron chi connectivity index (χ3n) is 23.7. The predicted octanol–water partition coefficient (Wildman–Crippen LogP) is -3.72. The Kier molecular flexibility index (Phi) is 38.9. The van der Waals surface area contributed by atoms with Gasteiger partial charge in [-0.05, 0) is 111 Å². The number of aromatic nitrogens is 2. The van der Waals surface area contributed by atoms with Crippen molar-refractivity contribution in [1.29, 1.82) is 5.41 Å². The van der Waals surface area contributed by atoms with Gasteiger partial charge in [-0.15, -0.1) is 0 Å². The molecule has 0 radical (unpaired) electrons. The molecule has 15 atom stereocenters. The highest BCUT2D eigenvalue weighted by Gasteiger charge is 2.47. The Morgan fingerprint density at radius 2 is 1.06 bits per heavy atom. The van der Waals surface area contributed by atoms with Crippen LogP contribution in [0.4, 0.5) is 0 Å². The number of likely N-dealkylation sites (N-methyl/N-ethyl adjacent to an activating group) is 3. The molecule has 0 saturated carbocycles. The van der Waals surface area contributed by atoms with Crippen molar-refractivity contribution < 1.29 is 96.8 Å². The fraction of sp³-hybridized carbons (Fsp3) is 0.528. The number of aromatic hydroxyl groups is 1. The van der Waals surface area contributed by atoms with Gasteiger partial charge in [0.15, 0.2) is 5.96 Å². The topological polar surface area (TPSA) is 659 Å². The molecular formula is C89H127N23O20. The number of hydrogen-bond donors (Lipinski definition) is 21. The zero-order chi connectivity index (χ0) is 96.9. The first-order valence-corrected chi connectivity index (χ1v) is 44.4. The maximum absolute atomic E-state index is 15.7. The van der Waals surface area contributed by atoms with Gasteiger partial charge < -0.3 is 131 Å². The Hall–Kier alpha value is -13.6. The first kappa shape index (κ1) is 104. The van der Waals surface area contributed by atoms with Crippen molar-refractivity contribution >= 4 is 128 Å². The van der Waals surface area contributed by atoms with Crippen LogP contribution in [0.25, 0.3) is 21.8 Å². The number of benzene rings is 3. The van der Waals surface area contributed by atoms with Gasteiger partial charge >= 0.3 is 0 Å². The number of nitrogens with one attached hydrogen (secondary N) is 14. The van der Waals surface area contributed by atoms with E-state index >= 15 is 33.6 Å². The standard InChI is InChI=1S/C89H127N23O20/c1-9-11-26-68-81(125)101-60(25-18-34-95-89(93)94)77(121)100-59(76(120)98-45-73(92)117)24-17-29-74(118)99-63(37-50-30-32-53(114)33-31-50)84(128)108(6)49(5)75(119)103-65(41-72(91)116)86(130)111-35-19-28-69(111)82(126)106-66(42-90)79(123)104-62(36-48(3)4)87(131)112-46-54(115)40-71(112)83(127)102-61(38-51-43-96-57-22-15-13-20-55(51)57)78(122)107-67(47-113)80(124)105-64(39-52-44-97-58-23-16-14-21-56(52)58)85(129)110(8)70(27-12-10-2)88(132)109(68)7/h13-17,20-23,29-33,43-44,48-49,54,59-71,96-97,113-115H,9-12,18-19,24-28,34-42,45-47,90H2,1-8H3,(H2,91,116)(H2,92,117)(H,98,120)(H,99,118)(H,100,121)(H,101,125)(H,102,127)(H,103,119)(H,104,123)(H,105,124)(H,106,126)(H,107,122)(H4,93,94,95)/t49-,54+,59-,60-,61-,62-,63-,64-,65-,66-,67-,68-,69-,70-,71-/m0/s1. The summed E-state index contributed by atoms with van der Waals surface area (Å²) in [6.07, 6.45) is 2.68. The van der Waals surface area contributed by atoms with E-state index in [4.69, 9.17) is 28.3 Å². The summed E-state index contributed by atoms with van der Waals surface area (Å²) in [6, 6.07) is -2.51. The molecule has 2 fully saturated rings. The van der Waals surface area contributed by atoms with Crippen LogP contribution in [-0.2, 0) is 101 Å². The molecule has 2 aromatic heterocycles. The molecule has 132 heavy (non-hydrogen) atoms. The number of para-hydroxylation sites is 2. The van der Waals surface area contributed by atoms with Gasteiger partial charge in [0.1, 0.15) is 90.3 Å². The third kappa shape index (κ3) is 28.7. The molecule has 2 saturated heterocycles. The van der Waals surface area contributed by atoms with Crippen LogP contribution < -0.4 is 81.4 Å². The third-order valence-corrected chi connectivity index (χ3v) is 23.7. The number of amides is 17. The number of carbonyl (C=O) groups excluding carboxylic acids is 17. The van der Waals surface area contributed by atoms with E-state index in [9.17, 15) is 63.3 Å². The minimum Gasteiger partial charge on any atom is -0.508 e. The highest BCUT2D eigenvalue weighted by molar-refractivity contribution is 6.03. The Morgan fingerprint density at radius 1 is 0.538 bits per heavy atom. The molecule has 8 rings (SSSR count). The number of nitrogens with zero attached hydrogens (tertiary/aromatic N) is 5. The van der Waals surface area contributed by atoms with Crippen molar-refractivity contribution in [3.8, 4) is 5.75 Å². The Morgan fingerprint density at radius 3 is 1.66 bits per heavy atom. The second kappa shape index (κ2) is 49.4. The monoisotopic (exact) mass is 1840 g/mol. The largest absolute Gasteiger partial charge is 0.508 e. The highest BCUT2D eigenvalue weighted by Crippen LogP contribution is 2.28. The summed E-state index contributed by atoms with van der Waals surface area (Å²) in [7, 11) is 3.87. The number of carbonyl (C=O) groups is 17. The zero-order valence-corrected chi connectivity index (χ0v) is 75.6. The van der Waals surface area contributed by atoms with Crippen molar-refractivity contribution in [2.24, 2.45) is 28.9 Å². The van der Waals surface area contributed by atoms with Gasteiger partial charge in [0.25, 0.3) is 0 Å². The number of hydrogen-bond acceptors (Lipinski definition) is 22. The van der Waals surface area contributed by atoms with E-state index in [-0.39, 0.29) is 89.0 Å². The van der Waals surface area contributed by atoms with Gasteiger partial charge in [0.2, 0.25) is 100 Å². The quantitative estimate of drug-likeness (QED) is 0.0152. The number of phenols is 1. The number of nitrogens with two attached hydrogens (primary N) is 4. The molecule has 0 unspecified atom stereocenters. The molecule has 3 aromatic carbocycles. The maximum Gasteiger partial charge on any atom is 0.246 e. The van der Waals surface area contributed by atoms with Crippen LogP contribution in [0.2, 0.25) is 0 Å². The summed E-state index contributed by atoms with van der Waals surface area (Å²) in [4.78, 5) is 260. The summed E-state index contributed by atoms with van der Waals surface area (Å²) in [5, 5.41) is 70.4. The molecule has 17 amide bonds. The highest BCUT2D eigenvalue weighted by atomic mass is 16.3. The normalized spacial score (nSPS) is 24.9. The number of aliphatic hydroxyl groups excluding tert-OH is 2. The Bertz CT molecular complexity index is 5000. The molecule has 0 aliphatic carbocycles. The van der Waals surface area contributed by atoms with E-state index in [1.54, 1.807) is 74.8 Å². The summed E-state index contributed by atoms with van der Waals surface area (Å²) in [5.74, 6) is -17.5. The molecule has 43 heteroatoms. The van der Waals surface area contributed by atoms with Gasteiger partial charge in [0.05, 0.1) is 25.7 Å². The lowest BCUT2D eigenvalue weighted by molar-refractivity contribution is -0.149. The number of aliphatic hydroxyl groups is 2. The van der Waals surface area contributed by atoms with Crippen molar-refractivity contribution in [2.75, 3.05) is 60.5 Å². The fourth-order valence-electron chi connectivity index (χ4n) is 16.3. The lowest BCUT2D eigenvalue weighted by atomic mass is 10.00. The first-order chi connectivity index (χ1) is 62.8. The molecule has 3 aliphatic heterocycles. The predicted molar refractivity (Wildman–Crippen MR) is 483 cm³/mol. The molecule has 0 spiro atoms. The number of guanidine groups is 1. The molecule has 5 aromatic rings. The Labute approximate surface area is 763 Å². The summed E-state index contributed by atoms with van der Waals surface area (Å²) in [6.45, 7) is 5.33. The second-order valence-electron chi connectivity index (χ2n) is 34.0. The Balaban J connectivity index is 1.20. The van der Waals surface area contributed by atoms with Crippen molar-refractivity contribution in [3.05, 3.63) is 114 Å². The van der Waals surface area contributed by atoms with Crippen molar-refractivity contribution in [1.82, 2.24) is 93.0 Å². The molecule has 718 valence electrons. The number of unbranched alkanes of at least 4 members (excludes halogenated alkanes) is 2.